The molecule has 1 N–H and O–H groups in total. The zero-order valence-electron chi connectivity index (χ0n) is 12.0. The summed E-state index contributed by atoms with van der Waals surface area (Å²) in [5.74, 6) is 1.14. The fraction of sp³-hybridized carbons (Fsp3) is 0.143. The molecule has 3 aromatic heterocycles. The number of fused-ring (bicyclic) bond motifs is 1. The molecule has 0 spiro atoms. The minimum Gasteiger partial charge on any atom is -0.353 e. The van der Waals surface area contributed by atoms with E-state index in [2.05, 4.69) is 25.5 Å². The van der Waals surface area contributed by atoms with Crippen LogP contribution in [0.1, 0.15) is 11.7 Å². The lowest BCUT2D eigenvalue weighted by molar-refractivity contribution is 0.388. The van der Waals surface area contributed by atoms with E-state index in [1.54, 1.807) is 11.4 Å². The quantitative estimate of drug-likeness (QED) is 0.609. The third kappa shape index (κ3) is 2.90. The van der Waals surface area contributed by atoms with E-state index in [1.807, 2.05) is 30.5 Å². The minimum absolute atomic E-state index is 0.456. The van der Waals surface area contributed by atoms with Crippen LogP contribution in [0.25, 0.3) is 16.2 Å². The number of nitrogens with one attached hydrogen (secondary N) is 1. The van der Waals surface area contributed by atoms with Gasteiger partial charge in [-0.05, 0) is 12.1 Å². The lowest BCUT2D eigenvalue weighted by Gasteiger charge is -1.96. The first-order valence-electron chi connectivity index (χ1n) is 6.82. The highest BCUT2D eigenvalue weighted by Gasteiger charge is 2.10. The van der Waals surface area contributed by atoms with Crippen LogP contribution in [-0.4, -0.2) is 24.7 Å². The number of hydrogen-bond donors (Lipinski definition) is 1. The van der Waals surface area contributed by atoms with Gasteiger partial charge in [-0.25, -0.2) is 9.50 Å². The molecule has 116 valence electrons. The lowest BCUT2D eigenvalue weighted by Crippen LogP contribution is -2.01. The van der Waals surface area contributed by atoms with Crippen molar-refractivity contribution in [1.29, 1.82) is 0 Å². The van der Waals surface area contributed by atoms with Crippen LogP contribution in [-0.2, 0) is 6.54 Å². The largest absolute Gasteiger partial charge is 0.353 e. The highest BCUT2D eigenvalue weighted by atomic mass is 35.5. The number of imidazole rings is 1. The molecule has 4 rings (SSSR count). The maximum atomic E-state index is 5.90. The van der Waals surface area contributed by atoms with Gasteiger partial charge < -0.3 is 9.84 Å². The normalized spacial score (nSPS) is 11.2. The number of halogens is 1. The summed E-state index contributed by atoms with van der Waals surface area (Å²) in [5, 5.41) is 12.9. The molecule has 0 atom stereocenters. The van der Waals surface area contributed by atoms with Crippen molar-refractivity contribution in [2.75, 3.05) is 5.32 Å². The van der Waals surface area contributed by atoms with Crippen LogP contribution >= 0.6 is 22.9 Å². The molecule has 3 heterocycles. The third-order valence-corrected chi connectivity index (χ3v) is 4.28. The van der Waals surface area contributed by atoms with Gasteiger partial charge in [-0.2, -0.15) is 4.98 Å². The first kappa shape index (κ1) is 14.2. The average Bonchev–Trinajstić information content (AvgIpc) is 3.20. The summed E-state index contributed by atoms with van der Waals surface area (Å²) < 4.78 is 6.67. The Morgan fingerprint density at radius 2 is 2.09 bits per heavy atom. The van der Waals surface area contributed by atoms with E-state index >= 15 is 0 Å². The summed E-state index contributed by atoms with van der Waals surface area (Å²) in [7, 11) is 0. The average molecular weight is 347 g/mol. The van der Waals surface area contributed by atoms with Crippen LogP contribution in [0.3, 0.4) is 0 Å². The van der Waals surface area contributed by atoms with Gasteiger partial charge in [0.15, 0.2) is 5.82 Å². The molecule has 4 aromatic rings. The number of aryl methyl sites for hydroxylation is 1. The molecule has 0 saturated carbocycles. The fourth-order valence-corrected chi connectivity index (χ4v) is 3.00. The van der Waals surface area contributed by atoms with Gasteiger partial charge >= 0.3 is 0 Å². The first-order valence-corrected chi connectivity index (χ1v) is 8.02. The molecule has 23 heavy (non-hydrogen) atoms. The van der Waals surface area contributed by atoms with E-state index in [0.717, 1.165) is 21.3 Å². The SMILES string of the molecule is Cc1nc(CNc2nn3cc(-c4ccc(Cl)cc4)nc3s2)no1. The molecule has 7 nitrogen and oxygen atoms in total. The zero-order valence-corrected chi connectivity index (χ0v) is 13.6. The van der Waals surface area contributed by atoms with E-state index in [4.69, 9.17) is 16.1 Å². The van der Waals surface area contributed by atoms with Crippen LogP contribution in [0.15, 0.2) is 35.0 Å². The maximum Gasteiger partial charge on any atom is 0.223 e. The Morgan fingerprint density at radius 3 is 2.78 bits per heavy atom. The Labute approximate surface area is 139 Å². The van der Waals surface area contributed by atoms with Crippen molar-refractivity contribution >= 4 is 33.0 Å². The van der Waals surface area contributed by atoms with Gasteiger partial charge in [-0.15, -0.1) is 5.10 Å². The van der Waals surface area contributed by atoms with Gasteiger partial charge in [0.1, 0.15) is 0 Å². The monoisotopic (exact) mass is 346 g/mol. The van der Waals surface area contributed by atoms with Crippen molar-refractivity contribution in [1.82, 2.24) is 24.7 Å². The number of hydrogen-bond acceptors (Lipinski definition) is 7. The minimum atomic E-state index is 0.456. The number of benzene rings is 1. The molecule has 0 fully saturated rings. The van der Waals surface area contributed by atoms with Crippen molar-refractivity contribution in [3.8, 4) is 11.3 Å². The number of rotatable bonds is 4. The van der Waals surface area contributed by atoms with Crippen LogP contribution in [0.2, 0.25) is 5.02 Å². The highest BCUT2D eigenvalue weighted by Crippen LogP contribution is 2.25. The predicted molar refractivity (Wildman–Crippen MR) is 87.7 cm³/mol. The Morgan fingerprint density at radius 1 is 1.26 bits per heavy atom. The van der Waals surface area contributed by atoms with E-state index in [0.29, 0.717) is 23.3 Å². The maximum absolute atomic E-state index is 5.90. The second-order valence-electron chi connectivity index (χ2n) is 4.85. The molecule has 0 unspecified atom stereocenters. The molecular formula is C14H11ClN6OS. The Bertz CT molecular complexity index is 926. The Kier molecular flexibility index (Phi) is 3.47. The summed E-state index contributed by atoms with van der Waals surface area (Å²) in [5.41, 5.74) is 1.87. The summed E-state index contributed by atoms with van der Waals surface area (Å²) in [6.45, 7) is 2.21. The molecule has 0 aliphatic carbocycles. The topological polar surface area (TPSA) is 81.1 Å². The molecule has 9 heteroatoms. The smallest absolute Gasteiger partial charge is 0.223 e. The molecule has 0 saturated heterocycles. The Balaban J connectivity index is 1.53. The summed E-state index contributed by atoms with van der Waals surface area (Å²) in [4.78, 5) is 9.52. The van der Waals surface area contributed by atoms with E-state index in [-0.39, 0.29) is 0 Å². The van der Waals surface area contributed by atoms with Crippen LogP contribution < -0.4 is 5.32 Å². The lowest BCUT2D eigenvalue weighted by atomic mass is 10.2. The number of nitrogens with zero attached hydrogens (tertiary/aromatic N) is 5. The van der Waals surface area contributed by atoms with Gasteiger partial charge in [0, 0.05) is 17.5 Å². The summed E-state index contributed by atoms with van der Waals surface area (Å²) >= 11 is 7.36. The van der Waals surface area contributed by atoms with Crippen molar-refractivity contribution < 1.29 is 4.52 Å². The van der Waals surface area contributed by atoms with Crippen molar-refractivity contribution in [2.45, 2.75) is 13.5 Å². The van der Waals surface area contributed by atoms with Gasteiger partial charge in [0.25, 0.3) is 0 Å². The number of anilines is 1. The fourth-order valence-electron chi connectivity index (χ4n) is 2.10. The molecular weight excluding hydrogens is 336 g/mol. The van der Waals surface area contributed by atoms with Gasteiger partial charge in [-0.3, -0.25) is 0 Å². The van der Waals surface area contributed by atoms with E-state index in [1.165, 1.54) is 11.3 Å². The van der Waals surface area contributed by atoms with E-state index in [9.17, 15) is 0 Å². The Hall–Kier alpha value is -2.45. The second-order valence-corrected chi connectivity index (χ2v) is 6.24. The third-order valence-electron chi connectivity index (χ3n) is 3.15. The standard InChI is InChI=1S/C14H11ClN6OS/c1-8-17-12(20-22-8)6-16-13-19-21-7-11(18-14(21)23-13)9-2-4-10(15)5-3-9/h2-5,7H,6H2,1H3,(H,16,19). The van der Waals surface area contributed by atoms with Gasteiger partial charge in [-0.1, -0.05) is 40.2 Å². The summed E-state index contributed by atoms with van der Waals surface area (Å²) in [6, 6.07) is 7.56. The molecule has 1 aromatic carbocycles. The summed E-state index contributed by atoms with van der Waals surface area (Å²) in [6.07, 6.45) is 1.89. The molecule has 0 radical (unpaired) electrons. The van der Waals surface area contributed by atoms with Crippen molar-refractivity contribution in [3.63, 3.8) is 0 Å². The van der Waals surface area contributed by atoms with Gasteiger partial charge in [0.2, 0.25) is 16.0 Å². The molecule has 0 aliphatic rings. The molecule has 0 aliphatic heterocycles. The van der Waals surface area contributed by atoms with E-state index < -0.39 is 0 Å². The number of aromatic nitrogens is 5. The van der Waals surface area contributed by atoms with Gasteiger partial charge in [0.05, 0.1) is 18.4 Å². The van der Waals surface area contributed by atoms with Crippen LogP contribution in [0.4, 0.5) is 5.13 Å². The van der Waals surface area contributed by atoms with Crippen LogP contribution in [0.5, 0.6) is 0 Å². The molecule has 0 bridgehead atoms. The van der Waals surface area contributed by atoms with Crippen LogP contribution in [0, 0.1) is 6.92 Å². The van der Waals surface area contributed by atoms with Crippen molar-refractivity contribution in [3.05, 3.63) is 47.2 Å². The van der Waals surface area contributed by atoms with Crippen molar-refractivity contribution in [2.24, 2.45) is 0 Å². The zero-order chi connectivity index (χ0) is 15.8. The predicted octanol–water partition coefficient (Wildman–Crippen LogP) is 3.41. The first-order chi connectivity index (χ1) is 11.2. The second kappa shape index (κ2) is 5.64. The molecule has 0 amide bonds. The highest BCUT2D eigenvalue weighted by molar-refractivity contribution is 7.20.